The lowest BCUT2D eigenvalue weighted by atomic mass is 10.0. The monoisotopic (exact) mass is 261 g/mol. The van der Waals surface area contributed by atoms with Crippen molar-refractivity contribution in [3.63, 3.8) is 0 Å². The minimum Gasteiger partial charge on any atom is -0.365 e. The highest BCUT2D eigenvalue weighted by Gasteiger charge is 2.27. The van der Waals surface area contributed by atoms with Crippen molar-refractivity contribution in [1.29, 1.82) is 0 Å². The third-order valence-corrected chi connectivity index (χ3v) is 3.55. The molecule has 1 fully saturated rings. The van der Waals surface area contributed by atoms with Gasteiger partial charge in [0.15, 0.2) is 0 Å². The smallest absolute Gasteiger partial charge is 0.252 e. The van der Waals surface area contributed by atoms with Gasteiger partial charge in [-0.2, -0.15) is 0 Å². The van der Waals surface area contributed by atoms with Crippen molar-refractivity contribution in [2.45, 2.75) is 39.2 Å². The lowest BCUT2D eigenvalue weighted by molar-refractivity contribution is -0.109. The fourth-order valence-corrected chi connectivity index (χ4v) is 2.69. The van der Waals surface area contributed by atoms with Crippen molar-refractivity contribution in [3.8, 4) is 0 Å². The molecule has 0 aliphatic carbocycles. The van der Waals surface area contributed by atoms with Crippen molar-refractivity contribution in [1.82, 2.24) is 4.98 Å². The number of piperidine rings is 1. The number of anilines is 1. The van der Waals surface area contributed by atoms with Crippen molar-refractivity contribution >= 4 is 18.0 Å². The van der Waals surface area contributed by atoms with E-state index in [4.69, 9.17) is 5.73 Å². The van der Waals surface area contributed by atoms with Crippen LogP contribution in [0.15, 0.2) is 6.07 Å². The Morgan fingerprint density at radius 2 is 2.21 bits per heavy atom. The number of aromatic nitrogens is 1. The summed E-state index contributed by atoms with van der Waals surface area (Å²) < 4.78 is 0. The molecule has 1 aliphatic rings. The van der Waals surface area contributed by atoms with E-state index >= 15 is 0 Å². The van der Waals surface area contributed by atoms with Crippen LogP contribution in [0.3, 0.4) is 0 Å². The number of primary amides is 1. The van der Waals surface area contributed by atoms with Gasteiger partial charge in [-0.1, -0.05) is 0 Å². The minimum atomic E-state index is -0.491. The zero-order valence-electron chi connectivity index (χ0n) is 11.3. The Kier molecular flexibility index (Phi) is 3.83. The van der Waals surface area contributed by atoms with Crippen molar-refractivity contribution < 1.29 is 9.59 Å². The van der Waals surface area contributed by atoms with Gasteiger partial charge in [-0.15, -0.1) is 0 Å². The van der Waals surface area contributed by atoms with Crippen LogP contribution in [0, 0.1) is 13.8 Å². The number of aryl methyl sites for hydroxylation is 2. The maximum Gasteiger partial charge on any atom is 0.252 e. The molecule has 1 atom stereocenters. The molecule has 1 aromatic heterocycles. The Hall–Kier alpha value is -1.91. The van der Waals surface area contributed by atoms with Crippen molar-refractivity contribution in [2.75, 3.05) is 11.4 Å². The summed E-state index contributed by atoms with van der Waals surface area (Å²) in [6.07, 6.45) is 3.76. The Morgan fingerprint density at radius 3 is 2.84 bits per heavy atom. The number of aldehydes is 1. The van der Waals surface area contributed by atoms with Crippen LogP contribution in [-0.2, 0) is 4.79 Å². The number of amides is 1. The minimum absolute atomic E-state index is 0.208. The first kappa shape index (κ1) is 13.5. The molecule has 2 N–H and O–H groups in total. The summed E-state index contributed by atoms with van der Waals surface area (Å²) >= 11 is 0. The van der Waals surface area contributed by atoms with Gasteiger partial charge in [0.05, 0.1) is 11.6 Å². The van der Waals surface area contributed by atoms with Crippen molar-refractivity contribution in [2.24, 2.45) is 5.73 Å². The lowest BCUT2D eigenvalue weighted by Crippen LogP contribution is -2.42. The number of nitrogens with two attached hydrogens (primary N) is 1. The van der Waals surface area contributed by atoms with Gasteiger partial charge < -0.3 is 15.4 Å². The molecule has 0 aromatic carbocycles. The maximum absolute atomic E-state index is 11.7. The van der Waals surface area contributed by atoms with Crippen molar-refractivity contribution in [3.05, 3.63) is 22.9 Å². The van der Waals surface area contributed by atoms with Gasteiger partial charge in [-0.05, 0) is 44.7 Å². The average Bonchev–Trinajstić information content (AvgIpc) is 2.37. The topological polar surface area (TPSA) is 76.3 Å². The Bertz CT molecular complexity index is 514. The summed E-state index contributed by atoms with van der Waals surface area (Å²) in [7, 11) is 0. The van der Waals surface area contributed by atoms with E-state index in [0.717, 1.165) is 43.4 Å². The molecule has 2 rings (SSSR count). The summed E-state index contributed by atoms with van der Waals surface area (Å²) in [6.45, 7) is 4.46. The van der Waals surface area contributed by atoms with Gasteiger partial charge in [0.2, 0.25) is 0 Å². The van der Waals surface area contributed by atoms with Crippen LogP contribution in [0.2, 0.25) is 0 Å². The van der Waals surface area contributed by atoms with E-state index in [1.165, 1.54) is 0 Å². The zero-order chi connectivity index (χ0) is 14.0. The number of nitrogens with zero attached hydrogens (tertiary/aromatic N) is 2. The van der Waals surface area contributed by atoms with Gasteiger partial charge >= 0.3 is 0 Å². The molecular weight excluding hydrogens is 242 g/mol. The van der Waals surface area contributed by atoms with E-state index in [1.54, 1.807) is 0 Å². The molecule has 0 saturated carbocycles. The van der Waals surface area contributed by atoms with Crippen LogP contribution in [0.25, 0.3) is 0 Å². The number of hydrogen-bond donors (Lipinski definition) is 1. The molecule has 19 heavy (non-hydrogen) atoms. The molecule has 2 heterocycles. The third kappa shape index (κ3) is 2.59. The van der Waals surface area contributed by atoms with Crippen LogP contribution in [0.5, 0.6) is 0 Å². The summed E-state index contributed by atoms with van der Waals surface area (Å²) in [5, 5.41) is 0. The van der Waals surface area contributed by atoms with Crippen LogP contribution in [0.1, 0.15) is 40.9 Å². The molecule has 5 heteroatoms. The molecular formula is C14H19N3O2. The summed E-state index contributed by atoms with van der Waals surface area (Å²) in [5.74, 6) is 0.0667. The molecule has 1 aromatic rings. The van der Waals surface area contributed by atoms with E-state index in [1.807, 2.05) is 24.8 Å². The largest absolute Gasteiger partial charge is 0.365 e. The molecule has 5 nitrogen and oxygen atoms in total. The SMILES string of the molecule is Cc1cc(C)c(C(N)=O)c(N2CCCCC2C=O)n1. The van der Waals surface area contributed by atoms with Gasteiger partial charge in [-0.25, -0.2) is 4.98 Å². The second-order valence-electron chi connectivity index (χ2n) is 5.04. The van der Waals surface area contributed by atoms with Gasteiger partial charge in [0.25, 0.3) is 5.91 Å². The van der Waals surface area contributed by atoms with E-state index in [9.17, 15) is 9.59 Å². The molecule has 0 bridgehead atoms. The number of carbonyl (C=O) groups excluding carboxylic acids is 2. The Morgan fingerprint density at radius 1 is 1.47 bits per heavy atom. The average molecular weight is 261 g/mol. The van der Waals surface area contributed by atoms with E-state index in [-0.39, 0.29) is 6.04 Å². The molecule has 1 unspecified atom stereocenters. The zero-order valence-corrected chi connectivity index (χ0v) is 11.3. The first-order chi connectivity index (χ1) is 9.04. The van der Waals surface area contributed by atoms with E-state index in [2.05, 4.69) is 4.98 Å². The summed E-state index contributed by atoms with van der Waals surface area (Å²) in [5.41, 5.74) is 7.53. The molecule has 1 amide bonds. The predicted molar refractivity (Wildman–Crippen MR) is 73.3 cm³/mol. The first-order valence-corrected chi connectivity index (χ1v) is 6.54. The number of rotatable bonds is 3. The third-order valence-electron chi connectivity index (χ3n) is 3.55. The molecule has 1 saturated heterocycles. The summed E-state index contributed by atoms with van der Waals surface area (Å²) in [4.78, 5) is 29.2. The van der Waals surface area contributed by atoms with Crippen LogP contribution in [-0.4, -0.2) is 29.8 Å². The van der Waals surface area contributed by atoms with Gasteiger partial charge in [-0.3, -0.25) is 4.79 Å². The van der Waals surface area contributed by atoms with Crippen LogP contribution >= 0.6 is 0 Å². The summed E-state index contributed by atoms with van der Waals surface area (Å²) in [6, 6.07) is 1.63. The van der Waals surface area contributed by atoms with E-state index < -0.39 is 5.91 Å². The molecule has 102 valence electrons. The normalized spacial score (nSPS) is 19.3. The Balaban J connectivity index is 2.53. The molecule has 1 aliphatic heterocycles. The van der Waals surface area contributed by atoms with Crippen LogP contribution in [0.4, 0.5) is 5.82 Å². The Labute approximate surface area is 112 Å². The lowest BCUT2D eigenvalue weighted by Gasteiger charge is -2.34. The predicted octanol–water partition coefficient (Wildman–Crippen LogP) is 1.36. The van der Waals surface area contributed by atoms with E-state index in [0.29, 0.717) is 11.4 Å². The fraction of sp³-hybridized carbons (Fsp3) is 0.500. The second-order valence-corrected chi connectivity index (χ2v) is 5.04. The molecule has 0 radical (unpaired) electrons. The number of hydrogen-bond acceptors (Lipinski definition) is 4. The quantitative estimate of drug-likeness (QED) is 0.833. The number of carbonyl (C=O) groups is 2. The second kappa shape index (κ2) is 5.38. The molecule has 0 spiro atoms. The van der Waals surface area contributed by atoms with Gasteiger partial charge in [0.1, 0.15) is 12.1 Å². The maximum atomic E-state index is 11.7. The fourth-order valence-electron chi connectivity index (χ4n) is 2.69. The highest BCUT2D eigenvalue weighted by atomic mass is 16.1. The highest BCUT2D eigenvalue weighted by molar-refractivity contribution is 5.99. The standard InChI is InChI=1S/C14H19N3O2/c1-9-7-10(2)16-14(12(9)13(15)19)17-6-4-3-5-11(17)8-18/h7-8,11H,3-6H2,1-2H3,(H2,15,19). The van der Waals surface area contributed by atoms with Crippen LogP contribution < -0.4 is 10.6 Å². The number of pyridine rings is 1. The highest BCUT2D eigenvalue weighted by Crippen LogP contribution is 2.27. The first-order valence-electron chi connectivity index (χ1n) is 6.54. The van der Waals surface area contributed by atoms with Gasteiger partial charge in [0, 0.05) is 12.2 Å².